The molecule has 0 N–H and O–H groups in total. The van der Waals surface area contributed by atoms with Gasteiger partial charge in [0.05, 0.1) is 4.92 Å². The molecule has 0 saturated heterocycles. The van der Waals surface area contributed by atoms with E-state index in [2.05, 4.69) is 4.98 Å². The Morgan fingerprint density at radius 1 is 1.44 bits per heavy atom. The van der Waals surface area contributed by atoms with Gasteiger partial charge in [-0.3, -0.25) is 10.1 Å². The van der Waals surface area contributed by atoms with Gasteiger partial charge in [-0.25, -0.2) is 4.98 Å². The van der Waals surface area contributed by atoms with Crippen molar-refractivity contribution in [2.24, 2.45) is 0 Å². The Kier molecular flexibility index (Phi) is 5.62. The fourth-order valence-corrected chi connectivity index (χ4v) is 1.82. The van der Waals surface area contributed by atoms with Crippen molar-refractivity contribution < 1.29 is 4.92 Å². The second-order valence-corrected chi connectivity index (χ2v) is 4.05. The molecule has 18 heavy (non-hydrogen) atoms. The van der Waals surface area contributed by atoms with Crippen molar-refractivity contribution in [2.45, 2.75) is 0 Å². The van der Waals surface area contributed by atoms with Crippen LogP contribution in [-0.4, -0.2) is 34.8 Å². The molecule has 1 rings (SSSR count). The number of hydrogen-bond acceptors (Lipinski definition) is 5. The Morgan fingerprint density at radius 3 is 2.50 bits per heavy atom. The summed E-state index contributed by atoms with van der Waals surface area (Å²) in [5, 5.41) is 19.6. The van der Waals surface area contributed by atoms with Gasteiger partial charge in [-0.05, 0) is 0 Å². The zero-order valence-electron chi connectivity index (χ0n) is 9.34. The third-order valence-corrected chi connectivity index (χ3v) is 2.53. The first kappa shape index (κ1) is 14.5. The summed E-state index contributed by atoms with van der Waals surface area (Å²) < 4.78 is 0. The maximum Gasteiger partial charge on any atom is 0.289 e. The van der Waals surface area contributed by atoms with E-state index >= 15 is 0 Å². The summed E-state index contributed by atoms with van der Waals surface area (Å²) in [5.41, 5.74) is -0.0774. The first-order valence-corrected chi connectivity index (χ1v) is 6.12. The highest BCUT2D eigenvalue weighted by Crippen LogP contribution is 2.21. The predicted octanol–water partition coefficient (Wildman–Crippen LogP) is 2.15. The second-order valence-electron chi connectivity index (χ2n) is 3.30. The van der Waals surface area contributed by atoms with Gasteiger partial charge in [0, 0.05) is 30.9 Å². The Morgan fingerprint density at radius 2 is 2.06 bits per heavy atom. The van der Waals surface area contributed by atoms with Crippen LogP contribution in [0.2, 0.25) is 0 Å². The molecule has 0 aliphatic carbocycles. The van der Waals surface area contributed by atoms with E-state index in [-0.39, 0.29) is 11.3 Å². The molecule has 0 aliphatic rings. The lowest BCUT2D eigenvalue weighted by molar-refractivity contribution is -0.385. The molecule has 1 heterocycles. The van der Waals surface area contributed by atoms with Crippen molar-refractivity contribution >= 4 is 34.7 Å². The van der Waals surface area contributed by atoms with Crippen LogP contribution in [0.3, 0.4) is 0 Å². The number of nitrogens with zero attached hydrogens (tertiary/aromatic N) is 4. The smallest absolute Gasteiger partial charge is 0.289 e. The van der Waals surface area contributed by atoms with Crippen molar-refractivity contribution in [1.29, 1.82) is 5.26 Å². The molecule has 8 heteroatoms. The van der Waals surface area contributed by atoms with Gasteiger partial charge in [-0.1, -0.05) is 0 Å². The summed E-state index contributed by atoms with van der Waals surface area (Å²) in [6.45, 7) is 0.932. The van der Waals surface area contributed by atoms with E-state index in [1.807, 2.05) is 6.07 Å². The fourth-order valence-electron chi connectivity index (χ4n) is 1.41. The van der Waals surface area contributed by atoms with Crippen molar-refractivity contribution in [3.8, 4) is 6.07 Å². The molecular weight excluding hydrogens is 279 g/mol. The number of pyridine rings is 1. The number of aromatic nitrogens is 1. The van der Waals surface area contributed by atoms with Crippen LogP contribution < -0.4 is 4.90 Å². The SMILES string of the molecule is N#Cc1cc([N+](=O)[O-])cnc1N(CCCl)CCCl. The Hall–Kier alpha value is -1.58. The summed E-state index contributed by atoms with van der Waals surface area (Å²) in [6, 6.07) is 3.09. The predicted molar refractivity (Wildman–Crippen MR) is 69.3 cm³/mol. The van der Waals surface area contributed by atoms with Crippen LogP contribution in [0.4, 0.5) is 11.5 Å². The Labute approximate surface area is 114 Å². The summed E-state index contributed by atoms with van der Waals surface area (Å²) in [5.74, 6) is 1.06. The number of hydrogen-bond donors (Lipinski definition) is 0. The van der Waals surface area contributed by atoms with Gasteiger partial charge < -0.3 is 4.90 Å². The maximum absolute atomic E-state index is 10.6. The van der Waals surface area contributed by atoms with Crippen LogP contribution in [0, 0.1) is 21.4 Å². The average molecular weight is 289 g/mol. The summed E-state index contributed by atoms with van der Waals surface area (Å²) in [4.78, 5) is 15.7. The minimum Gasteiger partial charge on any atom is -0.353 e. The van der Waals surface area contributed by atoms with Crippen molar-refractivity contribution in [3.05, 3.63) is 27.9 Å². The van der Waals surface area contributed by atoms with Crippen molar-refractivity contribution in [2.75, 3.05) is 29.7 Å². The molecular formula is C10H10Cl2N4O2. The highest BCUT2D eigenvalue weighted by molar-refractivity contribution is 6.18. The number of anilines is 1. The molecule has 96 valence electrons. The van der Waals surface area contributed by atoms with E-state index in [9.17, 15) is 10.1 Å². The van der Waals surface area contributed by atoms with Gasteiger partial charge in [-0.2, -0.15) is 5.26 Å². The van der Waals surface area contributed by atoms with E-state index < -0.39 is 4.92 Å². The number of alkyl halides is 2. The first-order chi connectivity index (χ1) is 8.63. The molecule has 0 aromatic carbocycles. The summed E-state index contributed by atoms with van der Waals surface area (Å²) in [7, 11) is 0. The van der Waals surface area contributed by atoms with Crippen LogP contribution in [-0.2, 0) is 0 Å². The fraction of sp³-hybridized carbons (Fsp3) is 0.400. The Balaban J connectivity index is 3.14. The Bertz CT molecular complexity index is 469. The molecule has 1 aromatic rings. The number of halogens is 2. The maximum atomic E-state index is 10.6. The number of rotatable bonds is 6. The number of nitriles is 1. The van der Waals surface area contributed by atoms with E-state index in [4.69, 9.17) is 28.5 Å². The zero-order chi connectivity index (χ0) is 13.5. The first-order valence-electron chi connectivity index (χ1n) is 5.05. The topological polar surface area (TPSA) is 83.1 Å². The van der Waals surface area contributed by atoms with Crippen LogP contribution >= 0.6 is 23.2 Å². The molecule has 0 aliphatic heterocycles. The lowest BCUT2D eigenvalue weighted by atomic mass is 10.2. The van der Waals surface area contributed by atoms with E-state index in [0.29, 0.717) is 30.7 Å². The second kappa shape index (κ2) is 6.99. The van der Waals surface area contributed by atoms with Crippen LogP contribution in [0.5, 0.6) is 0 Å². The standard InChI is InChI=1S/C10H10Cl2N4O2/c11-1-3-15(4-2-12)10-8(6-13)5-9(7-14-10)16(17)18/h5,7H,1-4H2. The monoisotopic (exact) mass is 288 g/mol. The van der Waals surface area contributed by atoms with Crippen LogP contribution in [0.15, 0.2) is 12.3 Å². The minimum atomic E-state index is -0.592. The third kappa shape index (κ3) is 3.45. The van der Waals surface area contributed by atoms with Crippen molar-refractivity contribution in [1.82, 2.24) is 4.98 Å². The van der Waals surface area contributed by atoms with Gasteiger partial charge in [0.2, 0.25) is 0 Å². The van der Waals surface area contributed by atoms with Gasteiger partial charge >= 0.3 is 0 Å². The largest absolute Gasteiger partial charge is 0.353 e. The molecule has 0 radical (unpaired) electrons. The van der Waals surface area contributed by atoms with Crippen LogP contribution in [0.1, 0.15) is 5.56 Å². The van der Waals surface area contributed by atoms with Gasteiger partial charge in [0.25, 0.3) is 5.69 Å². The van der Waals surface area contributed by atoms with Gasteiger partial charge in [0.1, 0.15) is 23.6 Å². The minimum absolute atomic E-state index is 0.138. The third-order valence-electron chi connectivity index (χ3n) is 2.19. The normalized spacial score (nSPS) is 9.83. The van der Waals surface area contributed by atoms with Crippen LogP contribution in [0.25, 0.3) is 0 Å². The molecule has 0 unspecified atom stereocenters. The highest BCUT2D eigenvalue weighted by Gasteiger charge is 2.16. The lowest BCUT2D eigenvalue weighted by Gasteiger charge is -2.22. The van der Waals surface area contributed by atoms with Gasteiger partial charge in [-0.15, -0.1) is 23.2 Å². The number of nitro groups is 1. The molecule has 1 aromatic heterocycles. The molecule has 6 nitrogen and oxygen atoms in total. The molecule has 0 atom stereocenters. The molecule has 0 bridgehead atoms. The van der Waals surface area contributed by atoms with Crippen molar-refractivity contribution in [3.63, 3.8) is 0 Å². The summed E-state index contributed by atoms with van der Waals surface area (Å²) >= 11 is 11.3. The van der Waals surface area contributed by atoms with Gasteiger partial charge in [0.15, 0.2) is 0 Å². The summed E-state index contributed by atoms with van der Waals surface area (Å²) in [6.07, 6.45) is 1.12. The highest BCUT2D eigenvalue weighted by atomic mass is 35.5. The van der Waals surface area contributed by atoms with E-state index in [1.165, 1.54) is 6.07 Å². The molecule has 0 amide bonds. The van der Waals surface area contributed by atoms with E-state index in [0.717, 1.165) is 6.20 Å². The lowest BCUT2D eigenvalue weighted by Crippen LogP contribution is -2.29. The van der Waals surface area contributed by atoms with E-state index in [1.54, 1.807) is 4.90 Å². The average Bonchev–Trinajstić information content (AvgIpc) is 2.37. The molecule has 0 spiro atoms. The molecule has 0 fully saturated rings. The quantitative estimate of drug-likeness (QED) is 0.455. The zero-order valence-corrected chi connectivity index (χ0v) is 10.9. The molecule has 0 saturated carbocycles.